The molecule has 8 heteroatoms. The molecule has 0 aromatic carbocycles. The molecule has 0 aliphatic carbocycles. The van der Waals surface area contributed by atoms with Crippen molar-refractivity contribution in [1.82, 2.24) is 30.0 Å². The topological polar surface area (TPSA) is 75.9 Å². The largest absolute Gasteiger partial charge is 0.348 e. The molecule has 1 aliphatic rings. The number of aryl methyl sites for hydroxylation is 2. The van der Waals surface area contributed by atoms with Gasteiger partial charge in [0.05, 0.1) is 16.4 Å². The maximum absolute atomic E-state index is 12.9. The smallest absolute Gasteiger partial charge is 0.271 e. The second-order valence-corrected chi connectivity index (χ2v) is 8.09. The lowest BCUT2D eigenvalue weighted by Gasteiger charge is -2.32. The van der Waals surface area contributed by atoms with Crippen molar-refractivity contribution in [2.24, 2.45) is 0 Å². The van der Waals surface area contributed by atoms with Gasteiger partial charge in [-0.1, -0.05) is 17.7 Å². The maximum Gasteiger partial charge on any atom is 0.271 e. The van der Waals surface area contributed by atoms with Crippen LogP contribution >= 0.6 is 11.6 Å². The first-order chi connectivity index (χ1) is 14.5. The monoisotopic (exact) mass is 424 g/mol. The highest BCUT2D eigenvalue weighted by Gasteiger charge is 2.23. The molecule has 0 saturated carbocycles. The van der Waals surface area contributed by atoms with E-state index in [1.807, 2.05) is 44.3 Å². The van der Waals surface area contributed by atoms with E-state index >= 15 is 0 Å². The minimum Gasteiger partial charge on any atom is -0.348 e. The van der Waals surface area contributed by atoms with E-state index in [2.05, 4.69) is 25.3 Å². The first-order valence-electron chi connectivity index (χ1n) is 10.1. The molecule has 1 N–H and O–H groups in total. The number of rotatable bonds is 5. The van der Waals surface area contributed by atoms with E-state index in [0.717, 1.165) is 49.6 Å². The minimum absolute atomic E-state index is 0.104. The van der Waals surface area contributed by atoms with Gasteiger partial charge in [0, 0.05) is 37.6 Å². The van der Waals surface area contributed by atoms with Crippen LogP contribution in [0, 0.1) is 13.8 Å². The van der Waals surface area contributed by atoms with Gasteiger partial charge < -0.3 is 5.32 Å². The Balaban J connectivity index is 1.38. The summed E-state index contributed by atoms with van der Waals surface area (Å²) >= 11 is 6.29. The van der Waals surface area contributed by atoms with Crippen LogP contribution in [-0.4, -0.2) is 49.7 Å². The summed E-state index contributed by atoms with van der Waals surface area (Å²) in [6, 6.07) is 11.5. The fourth-order valence-corrected chi connectivity index (χ4v) is 3.97. The first-order valence-corrected chi connectivity index (χ1v) is 10.5. The van der Waals surface area contributed by atoms with Crippen LogP contribution in [0.2, 0.25) is 5.02 Å². The molecule has 0 atom stereocenters. The van der Waals surface area contributed by atoms with Gasteiger partial charge in [-0.05, 0) is 57.0 Å². The van der Waals surface area contributed by atoms with Crippen LogP contribution in [0.4, 0.5) is 0 Å². The number of pyridine rings is 2. The highest BCUT2D eigenvalue weighted by molar-refractivity contribution is 6.33. The SMILES string of the molecule is Cc1cc(C)n(-c2ccc(Cl)c(C(=O)NC3CCN(Cc4ccccn4)CC3)n2)n1. The van der Waals surface area contributed by atoms with Crippen molar-refractivity contribution in [3.63, 3.8) is 0 Å². The summed E-state index contributed by atoms with van der Waals surface area (Å²) in [7, 11) is 0. The van der Waals surface area contributed by atoms with Gasteiger partial charge in [0.25, 0.3) is 5.91 Å². The number of piperidine rings is 1. The minimum atomic E-state index is -0.244. The quantitative estimate of drug-likeness (QED) is 0.679. The van der Waals surface area contributed by atoms with Crippen molar-refractivity contribution in [3.8, 4) is 5.82 Å². The maximum atomic E-state index is 12.9. The van der Waals surface area contributed by atoms with Crippen LogP contribution in [0.15, 0.2) is 42.6 Å². The van der Waals surface area contributed by atoms with Gasteiger partial charge in [-0.15, -0.1) is 0 Å². The second-order valence-electron chi connectivity index (χ2n) is 7.68. The molecule has 30 heavy (non-hydrogen) atoms. The van der Waals surface area contributed by atoms with Crippen molar-refractivity contribution < 1.29 is 4.79 Å². The third-order valence-electron chi connectivity index (χ3n) is 5.31. The number of carbonyl (C=O) groups is 1. The van der Waals surface area contributed by atoms with Crippen molar-refractivity contribution in [1.29, 1.82) is 0 Å². The number of halogens is 1. The van der Waals surface area contributed by atoms with Crippen LogP contribution in [0.1, 0.15) is 40.4 Å². The zero-order valence-electron chi connectivity index (χ0n) is 17.2. The van der Waals surface area contributed by atoms with Crippen LogP contribution in [-0.2, 0) is 6.54 Å². The average molecular weight is 425 g/mol. The fourth-order valence-electron chi connectivity index (χ4n) is 3.78. The lowest BCUT2D eigenvalue weighted by atomic mass is 10.0. The second kappa shape index (κ2) is 8.93. The van der Waals surface area contributed by atoms with Crippen LogP contribution in [0.5, 0.6) is 0 Å². The lowest BCUT2D eigenvalue weighted by Crippen LogP contribution is -2.44. The van der Waals surface area contributed by atoms with Crippen molar-refractivity contribution >= 4 is 17.5 Å². The molecule has 3 aromatic rings. The first kappa shape index (κ1) is 20.5. The molecular formula is C22H25ClN6O. The molecule has 1 amide bonds. The Bertz CT molecular complexity index is 1030. The molecule has 1 saturated heterocycles. The van der Waals surface area contributed by atoms with E-state index in [1.54, 1.807) is 16.8 Å². The average Bonchev–Trinajstić information content (AvgIpc) is 3.08. The van der Waals surface area contributed by atoms with Gasteiger partial charge in [0.1, 0.15) is 5.69 Å². The molecule has 4 rings (SSSR count). The molecular weight excluding hydrogens is 400 g/mol. The number of likely N-dealkylation sites (tertiary alicyclic amines) is 1. The molecule has 0 unspecified atom stereocenters. The molecule has 4 heterocycles. The van der Waals surface area contributed by atoms with E-state index in [4.69, 9.17) is 11.6 Å². The molecule has 7 nitrogen and oxygen atoms in total. The molecule has 0 spiro atoms. The molecule has 1 fully saturated rings. The number of carbonyl (C=O) groups excluding carboxylic acids is 1. The summed E-state index contributed by atoms with van der Waals surface area (Å²) in [5.74, 6) is 0.340. The van der Waals surface area contributed by atoms with Crippen LogP contribution < -0.4 is 5.32 Å². The number of aromatic nitrogens is 4. The summed E-state index contributed by atoms with van der Waals surface area (Å²) in [5, 5.41) is 7.88. The van der Waals surface area contributed by atoms with Crippen molar-refractivity contribution in [2.75, 3.05) is 13.1 Å². The van der Waals surface area contributed by atoms with Crippen molar-refractivity contribution in [2.45, 2.75) is 39.3 Å². The highest BCUT2D eigenvalue weighted by atomic mass is 35.5. The molecule has 0 radical (unpaired) electrons. The molecule has 0 bridgehead atoms. The van der Waals surface area contributed by atoms with Gasteiger partial charge in [-0.3, -0.25) is 14.7 Å². The zero-order valence-corrected chi connectivity index (χ0v) is 17.9. The number of amides is 1. The summed E-state index contributed by atoms with van der Waals surface area (Å²) < 4.78 is 1.72. The summed E-state index contributed by atoms with van der Waals surface area (Å²) in [6.07, 6.45) is 3.58. The summed E-state index contributed by atoms with van der Waals surface area (Å²) in [4.78, 5) is 24.1. The predicted molar refractivity (Wildman–Crippen MR) is 116 cm³/mol. The van der Waals surface area contributed by atoms with Gasteiger partial charge in [0.2, 0.25) is 0 Å². The van der Waals surface area contributed by atoms with E-state index in [-0.39, 0.29) is 17.6 Å². The molecule has 1 aliphatic heterocycles. The summed E-state index contributed by atoms with van der Waals surface area (Å²) in [5.41, 5.74) is 3.15. The number of nitrogens with one attached hydrogen (secondary N) is 1. The van der Waals surface area contributed by atoms with Crippen LogP contribution in [0.25, 0.3) is 5.82 Å². The Labute approximate surface area is 181 Å². The van der Waals surface area contributed by atoms with Gasteiger partial charge in [-0.2, -0.15) is 5.10 Å². The predicted octanol–water partition coefficient (Wildman–Crippen LogP) is 3.33. The highest BCUT2D eigenvalue weighted by Crippen LogP contribution is 2.19. The normalized spacial score (nSPS) is 15.3. The lowest BCUT2D eigenvalue weighted by molar-refractivity contribution is 0.0903. The van der Waals surface area contributed by atoms with E-state index in [9.17, 15) is 4.79 Å². The van der Waals surface area contributed by atoms with Gasteiger partial charge in [0.15, 0.2) is 5.82 Å². The standard InChI is InChI=1S/C22H25ClN6O/c1-15-13-16(2)29(27-15)20-7-6-19(23)21(26-20)22(30)25-17-8-11-28(12-9-17)14-18-5-3-4-10-24-18/h3-7,10,13,17H,8-9,11-12,14H2,1-2H3,(H,25,30). The van der Waals surface area contributed by atoms with E-state index < -0.39 is 0 Å². The Hall–Kier alpha value is -2.77. The van der Waals surface area contributed by atoms with Gasteiger partial charge >= 0.3 is 0 Å². The van der Waals surface area contributed by atoms with Crippen LogP contribution in [0.3, 0.4) is 0 Å². The molecule has 3 aromatic heterocycles. The molecule has 156 valence electrons. The number of hydrogen-bond acceptors (Lipinski definition) is 5. The van der Waals surface area contributed by atoms with E-state index in [0.29, 0.717) is 10.8 Å². The number of nitrogens with zero attached hydrogens (tertiary/aromatic N) is 5. The third-order valence-corrected chi connectivity index (χ3v) is 5.61. The van der Waals surface area contributed by atoms with Gasteiger partial charge in [-0.25, -0.2) is 9.67 Å². The third kappa shape index (κ3) is 4.68. The summed E-state index contributed by atoms with van der Waals surface area (Å²) in [6.45, 7) is 6.53. The Morgan fingerprint density at radius 3 is 2.67 bits per heavy atom. The zero-order chi connectivity index (χ0) is 21.1. The van der Waals surface area contributed by atoms with Crippen molar-refractivity contribution in [3.05, 3.63) is 70.4 Å². The Morgan fingerprint density at radius 2 is 2.00 bits per heavy atom. The van der Waals surface area contributed by atoms with E-state index in [1.165, 1.54) is 0 Å². The Morgan fingerprint density at radius 1 is 1.20 bits per heavy atom. The fraction of sp³-hybridized carbons (Fsp3) is 0.364. The Kier molecular flexibility index (Phi) is 6.11. The number of hydrogen-bond donors (Lipinski definition) is 1.